The Morgan fingerprint density at radius 3 is 1.95 bits per heavy atom. The summed E-state index contributed by atoms with van der Waals surface area (Å²) in [5.74, 6) is 1.36. The molecule has 5 atom stereocenters. The lowest BCUT2D eigenvalue weighted by Gasteiger charge is -2.34. The van der Waals surface area contributed by atoms with E-state index in [9.17, 15) is 0 Å². The van der Waals surface area contributed by atoms with Gasteiger partial charge in [-0.1, -0.05) is 191 Å². The van der Waals surface area contributed by atoms with Gasteiger partial charge in [0.2, 0.25) is 0 Å². The highest BCUT2D eigenvalue weighted by Crippen LogP contribution is 2.50. The highest BCUT2D eigenvalue weighted by Gasteiger charge is 2.40. The zero-order chi connectivity index (χ0) is 41.0. The number of nitrogens with zero attached hydrogens (tertiary/aromatic N) is 1. The molecule has 2 aromatic heterocycles. The zero-order valence-corrected chi connectivity index (χ0v) is 35.6. The molecule has 0 bridgehead atoms. The number of aliphatic imine (C=N–C) groups is 1. The minimum absolute atomic E-state index is 0.00183. The zero-order valence-electron chi connectivity index (χ0n) is 34.8. The Balaban J connectivity index is 1.08. The molecule has 2 nitrogen and oxygen atoms in total. The van der Waals surface area contributed by atoms with E-state index >= 15 is 0 Å². The molecule has 3 heterocycles. The molecule has 0 amide bonds. The first kappa shape index (κ1) is 37.4. The van der Waals surface area contributed by atoms with Crippen LogP contribution < -0.4 is 0 Å². The van der Waals surface area contributed by atoms with Crippen molar-refractivity contribution in [3.05, 3.63) is 205 Å². The van der Waals surface area contributed by atoms with Crippen LogP contribution in [0.15, 0.2) is 197 Å². The number of benzene rings is 8. The standard InChI is InChI=1S/C58H47NOS/c1-4-43-52(39-21-10-6-11-22-39)36(2)37(3)55(59-56(43)40-23-12-7-13-24-40)42-26-16-25-41(35-42)44-28-18-31-50-53(44)48-29-17-30-49(57(48)60-50)54-45(38-19-8-5-9-20-38)33-34-47-46-27-14-15-32-51(46)61-58(47)54/h5-37,43,52,55H,4H2,1-3H3. The molecular formula is C58H47NOS. The van der Waals surface area contributed by atoms with Crippen LogP contribution in [-0.2, 0) is 0 Å². The van der Waals surface area contributed by atoms with E-state index in [1.807, 2.05) is 11.3 Å². The van der Waals surface area contributed by atoms with Gasteiger partial charge in [0.05, 0.1) is 6.04 Å². The van der Waals surface area contributed by atoms with Crippen LogP contribution in [-0.4, -0.2) is 5.71 Å². The van der Waals surface area contributed by atoms with E-state index in [0.29, 0.717) is 23.7 Å². The molecule has 8 aromatic carbocycles. The van der Waals surface area contributed by atoms with Crippen molar-refractivity contribution >= 4 is 59.2 Å². The highest BCUT2D eigenvalue weighted by atomic mass is 32.1. The van der Waals surface area contributed by atoms with Crippen LogP contribution in [0.3, 0.4) is 0 Å². The quantitative estimate of drug-likeness (QED) is 0.158. The summed E-state index contributed by atoms with van der Waals surface area (Å²) in [7, 11) is 0. The fraction of sp³-hybridized carbons (Fsp3) is 0.155. The van der Waals surface area contributed by atoms with Gasteiger partial charge in [0, 0.05) is 53.7 Å². The third-order valence-corrected chi connectivity index (χ3v) is 14.8. The van der Waals surface area contributed by atoms with Gasteiger partial charge in [0.15, 0.2) is 0 Å². The van der Waals surface area contributed by atoms with E-state index in [0.717, 1.165) is 33.9 Å². The lowest BCUT2D eigenvalue weighted by Crippen LogP contribution is -2.28. The summed E-state index contributed by atoms with van der Waals surface area (Å²) < 4.78 is 9.61. The number of thiophene rings is 1. The first-order chi connectivity index (χ1) is 30.1. The second-order valence-electron chi connectivity index (χ2n) is 16.9. The van der Waals surface area contributed by atoms with Gasteiger partial charge in [-0.05, 0) is 81.3 Å². The SMILES string of the molecule is CCC1C(c2ccccc2)=NC(c2cccc(-c3cccc4oc5c(-c6c(-c7ccccc7)ccc7c6sc6ccccc67)cccc5c34)c2)C(C)C(C)C1c1ccccc1. The summed E-state index contributed by atoms with van der Waals surface area (Å²) in [6.45, 7) is 7.22. The molecule has 3 heteroatoms. The Bertz CT molecular complexity index is 3230. The summed E-state index contributed by atoms with van der Waals surface area (Å²) in [6, 6.07) is 68.7. The van der Waals surface area contributed by atoms with E-state index in [1.165, 1.54) is 70.4 Å². The van der Waals surface area contributed by atoms with Gasteiger partial charge in [-0.15, -0.1) is 11.3 Å². The van der Waals surface area contributed by atoms with Gasteiger partial charge < -0.3 is 4.42 Å². The maximum absolute atomic E-state index is 7.03. The number of hydrogen-bond acceptors (Lipinski definition) is 3. The van der Waals surface area contributed by atoms with Gasteiger partial charge in [0.25, 0.3) is 0 Å². The predicted octanol–water partition coefficient (Wildman–Crippen LogP) is 16.6. The van der Waals surface area contributed by atoms with Crippen molar-refractivity contribution in [3.63, 3.8) is 0 Å². The number of furan rings is 1. The normalized spacial score (nSPS) is 19.4. The van der Waals surface area contributed by atoms with Crippen molar-refractivity contribution in [2.45, 2.75) is 39.2 Å². The van der Waals surface area contributed by atoms with Crippen LogP contribution in [0.4, 0.5) is 0 Å². The smallest absolute Gasteiger partial charge is 0.143 e. The molecule has 296 valence electrons. The molecule has 0 spiro atoms. The van der Waals surface area contributed by atoms with Gasteiger partial charge in [0.1, 0.15) is 11.2 Å². The third kappa shape index (κ3) is 6.33. The Morgan fingerprint density at radius 2 is 1.16 bits per heavy atom. The van der Waals surface area contributed by atoms with Gasteiger partial charge in [-0.2, -0.15) is 0 Å². The summed E-state index contributed by atoms with van der Waals surface area (Å²) in [4.78, 5) is 5.83. The fourth-order valence-corrected chi connectivity index (χ4v) is 11.8. The predicted molar refractivity (Wildman–Crippen MR) is 260 cm³/mol. The van der Waals surface area contributed by atoms with Crippen LogP contribution in [0.25, 0.3) is 75.5 Å². The van der Waals surface area contributed by atoms with E-state index in [-0.39, 0.29) is 6.04 Å². The lowest BCUT2D eigenvalue weighted by atomic mass is 9.69. The molecule has 1 aliphatic heterocycles. The molecule has 0 radical (unpaired) electrons. The second kappa shape index (κ2) is 15.5. The molecule has 1 aliphatic rings. The summed E-state index contributed by atoms with van der Waals surface area (Å²) >= 11 is 1.87. The van der Waals surface area contributed by atoms with Crippen LogP contribution in [0.5, 0.6) is 0 Å². The van der Waals surface area contributed by atoms with Crippen molar-refractivity contribution < 1.29 is 4.42 Å². The summed E-state index contributed by atoms with van der Waals surface area (Å²) in [6.07, 6.45) is 1.03. The molecule has 0 saturated heterocycles. The highest BCUT2D eigenvalue weighted by molar-refractivity contribution is 7.26. The topological polar surface area (TPSA) is 25.5 Å². The van der Waals surface area contributed by atoms with Crippen molar-refractivity contribution in [3.8, 4) is 33.4 Å². The fourth-order valence-electron chi connectivity index (χ4n) is 10.5. The number of rotatable bonds is 7. The molecule has 0 N–H and O–H groups in total. The molecule has 0 fully saturated rings. The van der Waals surface area contributed by atoms with Crippen LogP contribution in [0.2, 0.25) is 0 Å². The average molecular weight is 806 g/mol. The van der Waals surface area contributed by atoms with E-state index < -0.39 is 0 Å². The molecule has 11 rings (SSSR count). The minimum atomic E-state index is -0.00183. The number of fused-ring (bicyclic) bond motifs is 6. The van der Waals surface area contributed by atoms with Crippen LogP contribution in [0.1, 0.15) is 55.8 Å². The molecule has 0 aliphatic carbocycles. The summed E-state index contributed by atoms with van der Waals surface area (Å²) in [5, 5.41) is 4.84. The molecule has 0 saturated carbocycles. The average Bonchev–Trinajstić information content (AvgIpc) is 3.87. The van der Waals surface area contributed by atoms with Gasteiger partial charge in [-0.3, -0.25) is 4.99 Å². The summed E-state index contributed by atoms with van der Waals surface area (Å²) in [5.41, 5.74) is 14.0. The van der Waals surface area contributed by atoms with Crippen molar-refractivity contribution in [2.75, 3.05) is 0 Å². The Kier molecular flexibility index (Phi) is 9.51. The minimum Gasteiger partial charge on any atom is -0.455 e. The van der Waals surface area contributed by atoms with Crippen molar-refractivity contribution in [2.24, 2.45) is 22.7 Å². The molecule has 61 heavy (non-hydrogen) atoms. The largest absolute Gasteiger partial charge is 0.455 e. The van der Waals surface area contributed by atoms with Crippen molar-refractivity contribution in [1.29, 1.82) is 0 Å². The second-order valence-corrected chi connectivity index (χ2v) is 18.0. The van der Waals surface area contributed by atoms with E-state index in [1.54, 1.807) is 0 Å². The number of para-hydroxylation sites is 1. The maximum atomic E-state index is 7.03. The Hall–Kier alpha value is -6.55. The lowest BCUT2D eigenvalue weighted by molar-refractivity contribution is 0.266. The third-order valence-electron chi connectivity index (χ3n) is 13.6. The Morgan fingerprint density at radius 1 is 0.525 bits per heavy atom. The van der Waals surface area contributed by atoms with Crippen LogP contribution >= 0.6 is 11.3 Å². The maximum Gasteiger partial charge on any atom is 0.143 e. The van der Waals surface area contributed by atoms with Crippen molar-refractivity contribution in [1.82, 2.24) is 0 Å². The Labute approximate surface area is 361 Å². The number of hydrogen-bond donors (Lipinski definition) is 0. The van der Waals surface area contributed by atoms with Gasteiger partial charge >= 0.3 is 0 Å². The molecule has 10 aromatic rings. The molecular weight excluding hydrogens is 759 g/mol. The first-order valence-corrected chi connectivity index (χ1v) is 22.6. The van der Waals surface area contributed by atoms with Gasteiger partial charge in [-0.25, -0.2) is 0 Å². The monoisotopic (exact) mass is 805 g/mol. The van der Waals surface area contributed by atoms with E-state index in [2.05, 4.69) is 209 Å². The first-order valence-electron chi connectivity index (χ1n) is 21.8. The van der Waals surface area contributed by atoms with E-state index in [4.69, 9.17) is 9.41 Å². The molecule has 5 unspecified atom stereocenters. The van der Waals surface area contributed by atoms with Crippen LogP contribution in [0, 0.1) is 17.8 Å².